The number of ether oxygens (including phenoxy) is 1. The second-order valence-corrected chi connectivity index (χ2v) is 8.54. The van der Waals surface area contributed by atoms with Crippen LogP contribution in [0.5, 0.6) is 5.75 Å². The first-order valence-electron chi connectivity index (χ1n) is 12.0. The van der Waals surface area contributed by atoms with Crippen molar-refractivity contribution < 1.29 is 14.2 Å². The number of para-hydroxylation sites is 1. The van der Waals surface area contributed by atoms with Crippen LogP contribution in [0.3, 0.4) is 0 Å². The average molecular weight is 524 g/mol. The SMILES string of the molecule is Cc1cccc(COc2cccc(/C=N/NC(=O)c3nnn(-c4nonc4N)c3CNc3ccccc3)c2)c1. The second kappa shape index (κ2) is 11.7. The van der Waals surface area contributed by atoms with E-state index in [2.05, 4.69) is 42.5 Å². The van der Waals surface area contributed by atoms with Gasteiger partial charge in [-0.05, 0) is 52.6 Å². The third-order valence-electron chi connectivity index (χ3n) is 5.63. The molecule has 39 heavy (non-hydrogen) atoms. The molecule has 4 N–H and O–H groups in total. The summed E-state index contributed by atoms with van der Waals surface area (Å²) in [6.07, 6.45) is 1.52. The number of anilines is 2. The fourth-order valence-electron chi connectivity index (χ4n) is 3.76. The smallest absolute Gasteiger partial charge is 0.293 e. The Hall–Kier alpha value is -5.52. The number of hydrazone groups is 1. The van der Waals surface area contributed by atoms with Crippen molar-refractivity contribution >= 4 is 23.6 Å². The Labute approximate surface area is 223 Å². The van der Waals surface area contributed by atoms with Crippen LogP contribution in [0.25, 0.3) is 5.82 Å². The first-order chi connectivity index (χ1) is 19.1. The predicted octanol–water partition coefficient (Wildman–Crippen LogP) is 3.50. The quantitative estimate of drug-likeness (QED) is 0.184. The van der Waals surface area contributed by atoms with Crippen LogP contribution in [0.1, 0.15) is 32.9 Å². The molecule has 0 aliphatic rings. The molecular formula is C27H25N9O3. The van der Waals surface area contributed by atoms with Crippen LogP contribution in [0, 0.1) is 6.92 Å². The van der Waals surface area contributed by atoms with Crippen molar-refractivity contribution in [3.63, 3.8) is 0 Å². The number of amides is 1. The molecule has 5 aromatic rings. The standard InChI is InChI=1S/C27H25N9O3/c1-18-7-5-9-20(13-18)17-38-22-12-6-8-19(14-22)15-30-32-27(37)24-23(16-29-21-10-3-2-4-11-21)36(35-31-24)26-25(28)33-39-34-26/h2-15,29H,16-17H2,1H3,(H2,28,33)(H,32,37)/b30-15+. The van der Waals surface area contributed by atoms with Crippen LogP contribution in [0.2, 0.25) is 0 Å². The van der Waals surface area contributed by atoms with E-state index in [9.17, 15) is 4.79 Å². The molecule has 2 aromatic heterocycles. The summed E-state index contributed by atoms with van der Waals surface area (Å²) < 4.78 is 11.9. The molecule has 0 fully saturated rings. The summed E-state index contributed by atoms with van der Waals surface area (Å²) in [5.41, 5.74) is 12.6. The first kappa shape index (κ1) is 25.1. The molecule has 3 aromatic carbocycles. The lowest BCUT2D eigenvalue weighted by molar-refractivity contribution is 0.0949. The van der Waals surface area contributed by atoms with Crippen LogP contribution >= 0.6 is 0 Å². The lowest BCUT2D eigenvalue weighted by Gasteiger charge is -2.08. The van der Waals surface area contributed by atoms with Crippen molar-refractivity contribution in [3.05, 3.63) is 107 Å². The van der Waals surface area contributed by atoms with Crippen molar-refractivity contribution in [2.24, 2.45) is 5.10 Å². The number of nitrogens with zero attached hydrogens (tertiary/aromatic N) is 6. The Morgan fingerprint density at radius 2 is 1.92 bits per heavy atom. The molecule has 0 bridgehead atoms. The normalized spacial score (nSPS) is 11.0. The molecule has 0 saturated carbocycles. The summed E-state index contributed by atoms with van der Waals surface area (Å²) >= 11 is 0. The van der Waals surface area contributed by atoms with E-state index in [4.69, 9.17) is 15.1 Å². The first-order valence-corrected chi connectivity index (χ1v) is 12.0. The monoisotopic (exact) mass is 523 g/mol. The number of nitrogens with one attached hydrogen (secondary N) is 2. The predicted molar refractivity (Wildman–Crippen MR) is 144 cm³/mol. The summed E-state index contributed by atoms with van der Waals surface area (Å²) in [4.78, 5) is 13.0. The number of nitrogens with two attached hydrogens (primary N) is 1. The van der Waals surface area contributed by atoms with E-state index in [0.717, 1.165) is 16.8 Å². The fourth-order valence-corrected chi connectivity index (χ4v) is 3.76. The van der Waals surface area contributed by atoms with Gasteiger partial charge in [0.1, 0.15) is 12.4 Å². The van der Waals surface area contributed by atoms with Gasteiger partial charge in [0.05, 0.1) is 18.5 Å². The van der Waals surface area contributed by atoms with Crippen molar-refractivity contribution in [2.45, 2.75) is 20.1 Å². The number of carbonyl (C=O) groups is 1. The van der Waals surface area contributed by atoms with Gasteiger partial charge in [0.2, 0.25) is 11.6 Å². The minimum Gasteiger partial charge on any atom is -0.489 e. The molecule has 0 aliphatic carbocycles. The van der Waals surface area contributed by atoms with Crippen LogP contribution in [0.4, 0.5) is 11.5 Å². The zero-order valence-corrected chi connectivity index (χ0v) is 21.0. The third kappa shape index (κ3) is 6.25. The Morgan fingerprint density at radius 1 is 1.08 bits per heavy atom. The molecule has 2 heterocycles. The van der Waals surface area contributed by atoms with Gasteiger partial charge in [-0.2, -0.15) is 9.78 Å². The highest BCUT2D eigenvalue weighted by Crippen LogP contribution is 2.18. The van der Waals surface area contributed by atoms with Crippen molar-refractivity contribution in [1.82, 2.24) is 30.7 Å². The van der Waals surface area contributed by atoms with Gasteiger partial charge in [0.15, 0.2) is 5.69 Å². The van der Waals surface area contributed by atoms with E-state index >= 15 is 0 Å². The average Bonchev–Trinajstić information content (AvgIpc) is 3.57. The van der Waals surface area contributed by atoms with E-state index in [0.29, 0.717) is 18.1 Å². The minimum absolute atomic E-state index is 0.00957. The maximum Gasteiger partial charge on any atom is 0.293 e. The van der Waals surface area contributed by atoms with Gasteiger partial charge < -0.3 is 15.8 Å². The Kier molecular flexibility index (Phi) is 7.53. The lowest BCUT2D eigenvalue weighted by atomic mass is 10.1. The zero-order valence-electron chi connectivity index (χ0n) is 21.0. The van der Waals surface area contributed by atoms with E-state index < -0.39 is 5.91 Å². The Bertz CT molecular complexity index is 1600. The molecule has 5 rings (SSSR count). The van der Waals surface area contributed by atoms with Gasteiger partial charge in [0.25, 0.3) is 5.91 Å². The maximum atomic E-state index is 13.0. The fraction of sp³-hybridized carbons (Fsp3) is 0.111. The second-order valence-electron chi connectivity index (χ2n) is 8.54. The molecule has 12 heteroatoms. The topological polar surface area (TPSA) is 158 Å². The lowest BCUT2D eigenvalue weighted by Crippen LogP contribution is -2.21. The highest BCUT2D eigenvalue weighted by Gasteiger charge is 2.23. The van der Waals surface area contributed by atoms with Gasteiger partial charge in [-0.1, -0.05) is 65.4 Å². The molecule has 196 valence electrons. The number of hydrogen-bond donors (Lipinski definition) is 3. The number of benzene rings is 3. The van der Waals surface area contributed by atoms with Gasteiger partial charge in [-0.25, -0.2) is 10.1 Å². The van der Waals surface area contributed by atoms with Crippen molar-refractivity contribution in [1.29, 1.82) is 0 Å². The molecular weight excluding hydrogens is 498 g/mol. The highest BCUT2D eigenvalue weighted by atomic mass is 16.6. The van der Waals surface area contributed by atoms with Gasteiger partial charge in [-0.15, -0.1) is 5.10 Å². The molecule has 0 atom stereocenters. The van der Waals surface area contributed by atoms with Gasteiger partial charge in [-0.3, -0.25) is 4.79 Å². The highest BCUT2D eigenvalue weighted by molar-refractivity contribution is 5.94. The van der Waals surface area contributed by atoms with Crippen LogP contribution in [-0.2, 0) is 13.2 Å². The third-order valence-corrected chi connectivity index (χ3v) is 5.63. The van der Waals surface area contributed by atoms with E-state index in [1.165, 1.54) is 16.5 Å². The van der Waals surface area contributed by atoms with Gasteiger partial charge in [0, 0.05) is 5.69 Å². The summed E-state index contributed by atoms with van der Waals surface area (Å²) in [5.74, 6) is 0.250. The van der Waals surface area contributed by atoms with E-state index in [1.54, 1.807) is 0 Å². The van der Waals surface area contributed by atoms with Crippen LogP contribution in [-0.4, -0.2) is 37.4 Å². The van der Waals surface area contributed by atoms with Crippen molar-refractivity contribution in [2.75, 3.05) is 11.1 Å². The summed E-state index contributed by atoms with van der Waals surface area (Å²) in [5, 5.41) is 22.7. The number of carbonyl (C=O) groups excluding carboxylic acids is 1. The van der Waals surface area contributed by atoms with Gasteiger partial charge >= 0.3 is 0 Å². The Morgan fingerprint density at radius 3 is 2.72 bits per heavy atom. The Balaban J connectivity index is 1.28. The molecule has 0 spiro atoms. The molecule has 1 amide bonds. The summed E-state index contributed by atoms with van der Waals surface area (Å²) in [6.45, 7) is 2.68. The van der Waals surface area contributed by atoms with E-state index in [-0.39, 0.29) is 23.9 Å². The minimum atomic E-state index is -0.566. The maximum absolute atomic E-state index is 13.0. The summed E-state index contributed by atoms with van der Waals surface area (Å²) in [7, 11) is 0. The van der Waals surface area contributed by atoms with Crippen LogP contribution < -0.4 is 21.2 Å². The van der Waals surface area contributed by atoms with Crippen molar-refractivity contribution in [3.8, 4) is 11.6 Å². The van der Waals surface area contributed by atoms with Crippen LogP contribution in [0.15, 0.2) is 88.6 Å². The molecule has 0 radical (unpaired) electrons. The number of rotatable bonds is 10. The molecule has 0 unspecified atom stereocenters. The number of hydrogen-bond acceptors (Lipinski definition) is 10. The zero-order chi connectivity index (χ0) is 27.0. The molecule has 0 saturated heterocycles. The molecule has 12 nitrogen and oxygen atoms in total. The number of nitrogen functional groups attached to an aromatic ring is 1. The number of aryl methyl sites for hydroxylation is 1. The molecule has 0 aliphatic heterocycles. The van der Waals surface area contributed by atoms with E-state index in [1.807, 2.05) is 79.7 Å². The largest absolute Gasteiger partial charge is 0.489 e. The number of aromatic nitrogens is 5. The summed E-state index contributed by atoms with van der Waals surface area (Å²) in [6, 6.07) is 25.0.